The van der Waals surface area contributed by atoms with Gasteiger partial charge in [0.15, 0.2) is 6.10 Å². The van der Waals surface area contributed by atoms with E-state index < -0.39 is 29.7 Å². The van der Waals surface area contributed by atoms with E-state index in [2.05, 4.69) is 10.6 Å². The summed E-state index contributed by atoms with van der Waals surface area (Å²) in [5.41, 5.74) is -0.00334. The lowest BCUT2D eigenvalue weighted by molar-refractivity contribution is -0.152. The lowest BCUT2D eigenvalue weighted by atomic mass is 10.3. The van der Waals surface area contributed by atoms with Crippen LogP contribution in [-0.2, 0) is 14.3 Å². The van der Waals surface area contributed by atoms with E-state index in [0.717, 1.165) is 0 Å². The smallest absolute Gasteiger partial charge is 0.326 e. The number of carbonyl (C=O) groups is 3. The highest BCUT2D eigenvalue weighted by Crippen LogP contribution is 2.13. The van der Waals surface area contributed by atoms with Gasteiger partial charge in [0.25, 0.3) is 11.8 Å². The Morgan fingerprint density at radius 1 is 1.21 bits per heavy atom. The molecule has 24 heavy (non-hydrogen) atoms. The monoisotopic (exact) mass is 350 g/mol. The Balaban J connectivity index is 1.79. The molecule has 0 radical (unpaired) electrons. The molecule has 0 unspecified atom stereocenters. The zero-order valence-corrected chi connectivity index (χ0v) is 13.6. The summed E-state index contributed by atoms with van der Waals surface area (Å²) in [6, 6.07) is 8.98. The summed E-state index contributed by atoms with van der Waals surface area (Å²) in [5, 5.41) is 6.46. The molecule has 0 aliphatic carbocycles. The molecule has 126 valence electrons. The number of nitrogens with one attached hydrogen (secondary N) is 2. The fourth-order valence-electron chi connectivity index (χ4n) is 1.74. The maximum Gasteiger partial charge on any atom is 0.326 e. The van der Waals surface area contributed by atoms with Gasteiger partial charge in [-0.25, -0.2) is 4.39 Å². The van der Waals surface area contributed by atoms with Gasteiger partial charge in [-0.2, -0.15) is 0 Å². The van der Waals surface area contributed by atoms with Crippen LogP contribution in [0.3, 0.4) is 0 Å². The predicted molar refractivity (Wildman–Crippen MR) is 87.2 cm³/mol. The number of ether oxygens (including phenoxy) is 1. The molecule has 8 heteroatoms. The summed E-state index contributed by atoms with van der Waals surface area (Å²) in [6.45, 7) is 0.989. The minimum atomic E-state index is -1.13. The Kier molecular flexibility index (Phi) is 6.02. The fourth-order valence-corrected chi connectivity index (χ4v) is 2.38. The first kappa shape index (κ1) is 17.6. The number of benzene rings is 1. The first-order chi connectivity index (χ1) is 11.5. The molecular weight excluding hydrogens is 335 g/mol. The summed E-state index contributed by atoms with van der Waals surface area (Å²) < 4.78 is 18.4. The third-order valence-corrected chi connectivity index (χ3v) is 3.82. The summed E-state index contributed by atoms with van der Waals surface area (Å²) in [7, 11) is 0. The Morgan fingerprint density at radius 2 is 1.96 bits per heavy atom. The molecule has 0 spiro atoms. The molecule has 0 saturated heterocycles. The van der Waals surface area contributed by atoms with Crippen LogP contribution in [0.2, 0.25) is 0 Å². The molecule has 0 aliphatic rings. The van der Waals surface area contributed by atoms with Gasteiger partial charge < -0.3 is 15.4 Å². The maximum atomic E-state index is 13.5. The molecule has 1 heterocycles. The van der Waals surface area contributed by atoms with Crippen LogP contribution >= 0.6 is 11.3 Å². The van der Waals surface area contributed by atoms with Gasteiger partial charge in [0, 0.05) is 0 Å². The lowest BCUT2D eigenvalue weighted by Gasteiger charge is -2.14. The fraction of sp³-hybridized carbons (Fsp3) is 0.188. The maximum absolute atomic E-state index is 13.5. The van der Waals surface area contributed by atoms with Gasteiger partial charge in [-0.15, -0.1) is 11.3 Å². The molecule has 0 bridgehead atoms. The second-order valence-electron chi connectivity index (χ2n) is 4.76. The zero-order valence-electron chi connectivity index (χ0n) is 12.7. The van der Waals surface area contributed by atoms with Gasteiger partial charge in [0.2, 0.25) is 0 Å². The van der Waals surface area contributed by atoms with Crippen LogP contribution in [0.15, 0.2) is 41.8 Å². The summed E-state index contributed by atoms with van der Waals surface area (Å²) >= 11 is 1.24. The second kappa shape index (κ2) is 8.21. The molecule has 2 aromatic rings. The number of anilines is 1. The van der Waals surface area contributed by atoms with Gasteiger partial charge in [-0.1, -0.05) is 18.2 Å². The highest BCUT2D eigenvalue weighted by Gasteiger charge is 2.19. The Morgan fingerprint density at radius 3 is 2.62 bits per heavy atom. The quantitative estimate of drug-likeness (QED) is 0.782. The minimum Gasteiger partial charge on any atom is -0.451 e. The SMILES string of the molecule is C[C@H](OC(=O)CNC(=O)c1cccs1)C(=O)Nc1ccccc1F. The minimum absolute atomic E-state index is 0.00334. The molecule has 6 nitrogen and oxygen atoms in total. The summed E-state index contributed by atoms with van der Waals surface area (Å²) in [4.78, 5) is 35.7. The number of carbonyl (C=O) groups excluding carboxylic acids is 3. The van der Waals surface area contributed by atoms with Crippen LogP contribution in [0.25, 0.3) is 0 Å². The van der Waals surface area contributed by atoms with Gasteiger partial charge in [-0.3, -0.25) is 14.4 Å². The summed E-state index contributed by atoms with van der Waals surface area (Å²) in [5.74, 6) is -2.42. The second-order valence-corrected chi connectivity index (χ2v) is 5.71. The van der Waals surface area contributed by atoms with Crippen molar-refractivity contribution >= 4 is 34.8 Å². The van der Waals surface area contributed by atoms with Gasteiger partial charge >= 0.3 is 5.97 Å². The summed E-state index contributed by atoms with van der Waals surface area (Å²) in [6.07, 6.45) is -1.13. The number of amides is 2. The van der Waals surface area contributed by atoms with E-state index in [9.17, 15) is 18.8 Å². The van der Waals surface area contributed by atoms with Crippen LogP contribution in [-0.4, -0.2) is 30.4 Å². The standard InChI is InChI=1S/C16H15FN2O4S/c1-10(15(21)19-12-6-3-2-5-11(12)17)23-14(20)9-18-16(22)13-7-4-8-24-13/h2-8,10H,9H2,1H3,(H,18,22)(H,19,21)/t10-/m0/s1. The average Bonchev–Trinajstić information content (AvgIpc) is 3.09. The van der Waals surface area contributed by atoms with E-state index in [-0.39, 0.29) is 12.2 Å². The molecule has 2 rings (SSSR count). The molecule has 1 aromatic carbocycles. The highest BCUT2D eigenvalue weighted by molar-refractivity contribution is 7.12. The first-order valence-electron chi connectivity index (χ1n) is 7.04. The van der Waals surface area contributed by atoms with Crippen molar-refractivity contribution in [3.8, 4) is 0 Å². The normalized spacial score (nSPS) is 11.4. The van der Waals surface area contributed by atoms with Crippen LogP contribution in [0.4, 0.5) is 10.1 Å². The molecule has 2 amide bonds. The van der Waals surface area contributed by atoms with Crippen molar-refractivity contribution in [2.45, 2.75) is 13.0 Å². The number of hydrogen-bond acceptors (Lipinski definition) is 5. The molecule has 0 aliphatic heterocycles. The van der Waals surface area contributed by atoms with E-state index in [1.165, 1.54) is 36.5 Å². The van der Waals surface area contributed by atoms with Crippen LogP contribution in [0.5, 0.6) is 0 Å². The highest BCUT2D eigenvalue weighted by atomic mass is 32.1. The van der Waals surface area contributed by atoms with Crippen LogP contribution in [0, 0.1) is 5.82 Å². The van der Waals surface area contributed by atoms with Crippen molar-refractivity contribution in [3.63, 3.8) is 0 Å². The van der Waals surface area contributed by atoms with E-state index in [1.54, 1.807) is 23.6 Å². The third kappa shape index (κ3) is 4.88. The zero-order chi connectivity index (χ0) is 17.5. The Labute approximate surface area is 141 Å². The third-order valence-electron chi connectivity index (χ3n) is 2.95. The topological polar surface area (TPSA) is 84.5 Å². The largest absolute Gasteiger partial charge is 0.451 e. The number of rotatable bonds is 6. The number of halogens is 1. The van der Waals surface area contributed by atoms with E-state index in [1.807, 2.05) is 0 Å². The Hall–Kier alpha value is -2.74. The van der Waals surface area contributed by atoms with Crippen LogP contribution in [0.1, 0.15) is 16.6 Å². The molecule has 2 N–H and O–H groups in total. The van der Waals surface area contributed by atoms with Gasteiger partial charge in [0.05, 0.1) is 10.6 Å². The Bertz CT molecular complexity index is 733. The predicted octanol–water partition coefficient (Wildman–Crippen LogP) is 2.19. The van der Waals surface area contributed by atoms with Crippen molar-refractivity contribution in [2.75, 3.05) is 11.9 Å². The number of hydrogen-bond donors (Lipinski definition) is 2. The number of thiophene rings is 1. The molecule has 0 saturated carbocycles. The first-order valence-corrected chi connectivity index (χ1v) is 7.92. The van der Waals surface area contributed by atoms with E-state index in [4.69, 9.17) is 4.74 Å². The number of para-hydroxylation sites is 1. The lowest BCUT2D eigenvalue weighted by Crippen LogP contribution is -2.35. The van der Waals surface area contributed by atoms with E-state index in [0.29, 0.717) is 4.88 Å². The van der Waals surface area contributed by atoms with Crippen molar-refractivity contribution < 1.29 is 23.5 Å². The van der Waals surface area contributed by atoms with Crippen molar-refractivity contribution in [1.82, 2.24) is 5.32 Å². The molecule has 1 atom stereocenters. The molecular formula is C16H15FN2O4S. The average molecular weight is 350 g/mol. The molecule has 1 aromatic heterocycles. The van der Waals surface area contributed by atoms with Gasteiger partial charge in [0.1, 0.15) is 12.4 Å². The van der Waals surface area contributed by atoms with Crippen molar-refractivity contribution in [2.24, 2.45) is 0 Å². The molecule has 0 fully saturated rings. The van der Waals surface area contributed by atoms with Gasteiger partial charge in [-0.05, 0) is 30.5 Å². The van der Waals surface area contributed by atoms with Crippen molar-refractivity contribution in [3.05, 3.63) is 52.5 Å². The number of esters is 1. The van der Waals surface area contributed by atoms with Crippen LogP contribution < -0.4 is 10.6 Å². The van der Waals surface area contributed by atoms with E-state index >= 15 is 0 Å². The van der Waals surface area contributed by atoms with Crippen molar-refractivity contribution in [1.29, 1.82) is 0 Å².